The van der Waals surface area contributed by atoms with Crippen LogP contribution in [0.5, 0.6) is 0 Å². The average molecular weight is 272 g/mol. The summed E-state index contributed by atoms with van der Waals surface area (Å²) >= 11 is 1.41. The summed E-state index contributed by atoms with van der Waals surface area (Å²) in [4.78, 5) is 15.5. The largest absolute Gasteiger partial charge is 0.398 e. The minimum Gasteiger partial charge on any atom is -0.398 e. The summed E-state index contributed by atoms with van der Waals surface area (Å²) in [5, 5.41) is 8.59. The van der Waals surface area contributed by atoms with E-state index in [0.29, 0.717) is 36.9 Å². The molecule has 1 rings (SSSR count). The number of likely N-dealkylation sites (N-methyl/N-ethyl adjacent to an activating group) is 1. The fourth-order valence-electron chi connectivity index (χ4n) is 1.50. The number of hydrogen-bond donors (Lipinski definition) is 2. The molecule has 0 aliphatic carbocycles. The molecule has 0 saturated heterocycles. The lowest BCUT2D eigenvalue weighted by atomic mass is 10.3. The van der Waals surface area contributed by atoms with Gasteiger partial charge in [-0.15, -0.1) is 11.3 Å². The summed E-state index contributed by atoms with van der Waals surface area (Å²) in [6, 6.07) is 1.72. The number of anilines is 1. The zero-order chi connectivity index (χ0) is 13.5. The highest BCUT2D eigenvalue weighted by molar-refractivity contribution is 7.14. The Kier molecular flexibility index (Phi) is 6.11. The maximum absolute atomic E-state index is 12.2. The zero-order valence-electron chi connectivity index (χ0n) is 10.8. The van der Waals surface area contributed by atoms with Crippen molar-refractivity contribution in [3.63, 3.8) is 0 Å². The van der Waals surface area contributed by atoms with Crippen molar-refractivity contribution in [1.82, 2.24) is 4.90 Å². The molecule has 1 amide bonds. The number of carbonyl (C=O) groups is 1. The predicted octanol–water partition coefficient (Wildman–Crippen LogP) is 1.11. The average Bonchev–Trinajstić information content (AvgIpc) is 2.69. The molecule has 0 aliphatic rings. The van der Waals surface area contributed by atoms with Crippen LogP contribution in [0.2, 0.25) is 0 Å². The number of nitrogens with two attached hydrogens (primary N) is 1. The lowest BCUT2D eigenvalue weighted by Crippen LogP contribution is -2.33. The van der Waals surface area contributed by atoms with Crippen molar-refractivity contribution in [3.05, 3.63) is 15.8 Å². The third kappa shape index (κ3) is 3.97. The number of hydrogen-bond acceptors (Lipinski definition) is 5. The van der Waals surface area contributed by atoms with E-state index in [1.165, 1.54) is 11.3 Å². The Labute approximate surface area is 111 Å². The van der Waals surface area contributed by atoms with E-state index >= 15 is 0 Å². The highest BCUT2D eigenvalue weighted by Crippen LogP contribution is 2.24. The molecule has 1 aromatic heterocycles. The van der Waals surface area contributed by atoms with Crippen molar-refractivity contribution in [3.8, 4) is 0 Å². The van der Waals surface area contributed by atoms with Gasteiger partial charge in [-0.05, 0) is 19.9 Å². The summed E-state index contributed by atoms with van der Waals surface area (Å²) < 4.78 is 5.16. The van der Waals surface area contributed by atoms with Crippen LogP contribution in [0.1, 0.15) is 21.5 Å². The van der Waals surface area contributed by atoms with Gasteiger partial charge >= 0.3 is 0 Å². The molecule has 18 heavy (non-hydrogen) atoms. The van der Waals surface area contributed by atoms with Crippen LogP contribution < -0.4 is 5.73 Å². The van der Waals surface area contributed by atoms with Crippen LogP contribution in [0.3, 0.4) is 0 Å². The quantitative estimate of drug-likeness (QED) is 0.729. The molecule has 3 N–H and O–H groups in total. The van der Waals surface area contributed by atoms with E-state index in [4.69, 9.17) is 15.6 Å². The third-order valence-electron chi connectivity index (χ3n) is 2.58. The van der Waals surface area contributed by atoms with Crippen molar-refractivity contribution in [2.24, 2.45) is 0 Å². The monoisotopic (exact) mass is 272 g/mol. The highest BCUT2D eigenvalue weighted by Gasteiger charge is 2.17. The van der Waals surface area contributed by atoms with E-state index in [-0.39, 0.29) is 12.5 Å². The molecule has 0 fully saturated rings. The fourth-order valence-corrected chi connectivity index (χ4v) is 2.41. The SMILES string of the molecule is CCN(CCOCCO)C(=O)c1cc(N)c(C)s1. The molecule has 0 aromatic carbocycles. The molecule has 102 valence electrons. The number of thiophene rings is 1. The molecule has 1 heterocycles. The lowest BCUT2D eigenvalue weighted by Gasteiger charge is -2.19. The number of nitrogen functional groups attached to an aromatic ring is 1. The van der Waals surface area contributed by atoms with Gasteiger partial charge < -0.3 is 20.5 Å². The summed E-state index contributed by atoms with van der Waals surface area (Å²) in [6.45, 7) is 5.70. The molecule has 0 unspecified atom stereocenters. The van der Waals surface area contributed by atoms with Crippen molar-refractivity contribution < 1.29 is 14.6 Å². The standard InChI is InChI=1S/C12H20N2O3S/c1-3-14(4-6-17-7-5-15)12(16)11-8-10(13)9(2)18-11/h8,15H,3-7,13H2,1-2H3. The van der Waals surface area contributed by atoms with E-state index in [1.807, 2.05) is 13.8 Å². The second-order valence-corrected chi connectivity index (χ2v) is 5.10. The Morgan fingerprint density at radius 1 is 1.56 bits per heavy atom. The van der Waals surface area contributed by atoms with Crippen LogP contribution in [0, 0.1) is 6.92 Å². The number of nitrogens with zero attached hydrogens (tertiary/aromatic N) is 1. The van der Waals surface area contributed by atoms with Gasteiger partial charge in [-0.2, -0.15) is 0 Å². The van der Waals surface area contributed by atoms with Crippen molar-refractivity contribution in [2.75, 3.05) is 38.6 Å². The first-order valence-electron chi connectivity index (χ1n) is 5.94. The first-order valence-corrected chi connectivity index (χ1v) is 6.75. The second-order valence-electron chi connectivity index (χ2n) is 3.84. The maximum atomic E-state index is 12.2. The zero-order valence-corrected chi connectivity index (χ0v) is 11.6. The van der Waals surface area contributed by atoms with Gasteiger partial charge in [0.15, 0.2) is 0 Å². The summed E-state index contributed by atoms with van der Waals surface area (Å²) in [5.41, 5.74) is 6.41. The number of carbonyl (C=O) groups excluding carboxylic acids is 1. The number of ether oxygens (including phenoxy) is 1. The smallest absolute Gasteiger partial charge is 0.264 e. The van der Waals surface area contributed by atoms with Gasteiger partial charge in [0.05, 0.1) is 24.7 Å². The number of rotatable bonds is 7. The predicted molar refractivity (Wildman–Crippen MR) is 73.0 cm³/mol. The Morgan fingerprint density at radius 2 is 2.28 bits per heavy atom. The van der Waals surface area contributed by atoms with Crippen molar-refractivity contribution in [1.29, 1.82) is 0 Å². The molecule has 0 aliphatic heterocycles. The molecular formula is C12H20N2O3S. The normalized spacial score (nSPS) is 10.6. The summed E-state index contributed by atoms with van der Waals surface area (Å²) in [6.07, 6.45) is 0. The molecular weight excluding hydrogens is 252 g/mol. The maximum Gasteiger partial charge on any atom is 0.264 e. The van der Waals surface area contributed by atoms with Crippen LogP contribution >= 0.6 is 11.3 Å². The molecule has 1 aromatic rings. The Balaban J connectivity index is 2.56. The van der Waals surface area contributed by atoms with E-state index in [0.717, 1.165) is 4.88 Å². The van der Waals surface area contributed by atoms with E-state index in [9.17, 15) is 4.79 Å². The van der Waals surface area contributed by atoms with E-state index < -0.39 is 0 Å². The number of aliphatic hydroxyl groups is 1. The molecule has 6 heteroatoms. The fraction of sp³-hybridized carbons (Fsp3) is 0.583. The van der Waals surface area contributed by atoms with Gasteiger partial charge in [-0.25, -0.2) is 0 Å². The topological polar surface area (TPSA) is 75.8 Å². The summed E-state index contributed by atoms with van der Waals surface area (Å²) in [5.74, 6) is -0.0186. The number of amides is 1. The van der Waals surface area contributed by atoms with Crippen LogP contribution in [0.15, 0.2) is 6.07 Å². The van der Waals surface area contributed by atoms with E-state index in [1.54, 1.807) is 11.0 Å². The van der Waals surface area contributed by atoms with Gasteiger partial charge in [0.25, 0.3) is 5.91 Å². The van der Waals surface area contributed by atoms with Crippen molar-refractivity contribution >= 4 is 22.9 Å². The van der Waals surface area contributed by atoms with Gasteiger partial charge in [-0.1, -0.05) is 0 Å². The van der Waals surface area contributed by atoms with Crippen LogP contribution in [0.25, 0.3) is 0 Å². The third-order valence-corrected chi connectivity index (χ3v) is 3.63. The van der Waals surface area contributed by atoms with Gasteiger partial charge in [0.1, 0.15) is 0 Å². The van der Waals surface area contributed by atoms with Crippen LogP contribution in [-0.4, -0.2) is 48.8 Å². The van der Waals surface area contributed by atoms with Gasteiger partial charge in [0.2, 0.25) is 0 Å². The Hall–Kier alpha value is -1.11. The Bertz CT molecular complexity index is 373. The van der Waals surface area contributed by atoms with Crippen molar-refractivity contribution in [2.45, 2.75) is 13.8 Å². The minimum atomic E-state index is -0.0186. The molecule has 5 nitrogen and oxygen atoms in total. The first kappa shape index (κ1) is 14.9. The minimum absolute atomic E-state index is 0.000719. The lowest BCUT2D eigenvalue weighted by molar-refractivity contribution is 0.0582. The van der Waals surface area contributed by atoms with E-state index in [2.05, 4.69) is 0 Å². The summed E-state index contributed by atoms with van der Waals surface area (Å²) in [7, 11) is 0. The molecule has 0 spiro atoms. The highest BCUT2D eigenvalue weighted by atomic mass is 32.1. The Morgan fingerprint density at radius 3 is 2.78 bits per heavy atom. The molecule has 0 atom stereocenters. The number of aryl methyl sites for hydroxylation is 1. The van der Waals surface area contributed by atoms with Crippen LogP contribution in [0.4, 0.5) is 5.69 Å². The molecule has 0 bridgehead atoms. The second kappa shape index (κ2) is 7.35. The van der Waals surface area contributed by atoms with Gasteiger partial charge in [0, 0.05) is 23.7 Å². The molecule has 0 radical (unpaired) electrons. The molecule has 0 saturated carbocycles. The van der Waals surface area contributed by atoms with Gasteiger partial charge in [-0.3, -0.25) is 4.79 Å². The first-order chi connectivity index (χ1) is 8.60. The number of aliphatic hydroxyl groups excluding tert-OH is 1. The van der Waals surface area contributed by atoms with Crippen LogP contribution in [-0.2, 0) is 4.74 Å².